The van der Waals surface area contributed by atoms with E-state index in [2.05, 4.69) is 16.0 Å². The van der Waals surface area contributed by atoms with Gasteiger partial charge in [0.2, 0.25) is 5.91 Å². The van der Waals surface area contributed by atoms with Gasteiger partial charge in [0.1, 0.15) is 5.70 Å². The molecule has 0 fully saturated rings. The lowest BCUT2D eigenvalue weighted by Crippen LogP contribution is -2.30. The van der Waals surface area contributed by atoms with E-state index in [1.807, 2.05) is 17.5 Å². The van der Waals surface area contributed by atoms with Crippen LogP contribution in [0, 0.1) is 0 Å². The normalized spacial score (nSPS) is 12.3. The summed E-state index contributed by atoms with van der Waals surface area (Å²) in [5.74, 6) is -1.42. The highest BCUT2D eigenvalue weighted by Gasteiger charge is 2.30. The van der Waals surface area contributed by atoms with Crippen LogP contribution < -0.4 is 16.0 Å². The predicted octanol–water partition coefficient (Wildman–Crippen LogP) is 7.69. The van der Waals surface area contributed by atoms with Crippen LogP contribution in [0.25, 0.3) is 6.08 Å². The maximum atomic E-state index is 13.3. The molecule has 42 heavy (non-hydrogen) atoms. The first kappa shape index (κ1) is 30.6. The van der Waals surface area contributed by atoms with E-state index >= 15 is 0 Å². The third-order valence-electron chi connectivity index (χ3n) is 5.85. The molecule has 0 aliphatic carbocycles. The monoisotopic (exact) mass is 609 g/mol. The molecular formula is C31H26F3N3O3S2. The molecule has 0 radical (unpaired) electrons. The van der Waals surface area contributed by atoms with Crippen molar-refractivity contribution in [3.05, 3.63) is 118 Å². The lowest BCUT2D eigenvalue weighted by molar-refractivity contribution is -0.137. The van der Waals surface area contributed by atoms with Crippen LogP contribution in [0.3, 0.4) is 0 Å². The number of hydrogen-bond acceptors (Lipinski definition) is 5. The Bertz CT molecular complexity index is 1570. The molecule has 1 aromatic heterocycles. The standard InChI is InChI=1S/C31H26F3N3O3S2/c1-2-27(30(40)36-22-12-6-11-21(17-22)31(32,33)34)42-25-14-7-13-23(18-25)35-29(39)26(19-24-15-8-16-41-24)37-28(38)20-9-4-3-5-10-20/h3-19,27H,2H2,1H3,(H,35,39)(H,36,40)(H,37,38)/b26-19-. The molecule has 3 N–H and O–H groups in total. The average Bonchev–Trinajstić information content (AvgIpc) is 3.49. The summed E-state index contributed by atoms with van der Waals surface area (Å²) in [7, 11) is 0. The highest BCUT2D eigenvalue weighted by Crippen LogP contribution is 2.32. The fraction of sp³-hybridized carbons (Fsp3) is 0.129. The fourth-order valence-corrected chi connectivity index (χ4v) is 5.46. The lowest BCUT2D eigenvalue weighted by Gasteiger charge is -2.16. The van der Waals surface area contributed by atoms with Crippen LogP contribution in [0.15, 0.2) is 107 Å². The van der Waals surface area contributed by atoms with Crippen molar-refractivity contribution in [2.75, 3.05) is 10.6 Å². The number of alkyl halides is 3. The predicted molar refractivity (Wildman–Crippen MR) is 161 cm³/mol. The summed E-state index contributed by atoms with van der Waals surface area (Å²) < 4.78 is 39.2. The Morgan fingerprint density at radius 2 is 1.60 bits per heavy atom. The van der Waals surface area contributed by atoms with Crippen molar-refractivity contribution >= 4 is 58.3 Å². The van der Waals surface area contributed by atoms with Crippen LogP contribution in [0.1, 0.15) is 34.1 Å². The van der Waals surface area contributed by atoms with Gasteiger partial charge in [0.05, 0.1) is 10.8 Å². The molecule has 3 amide bonds. The van der Waals surface area contributed by atoms with Crippen molar-refractivity contribution in [1.29, 1.82) is 0 Å². The van der Waals surface area contributed by atoms with Crippen LogP contribution in [0.2, 0.25) is 0 Å². The maximum absolute atomic E-state index is 13.3. The first-order valence-corrected chi connectivity index (χ1v) is 14.6. The van der Waals surface area contributed by atoms with E-state index in [4.69, 9.17) is 0 Å². The SMILES string of the molecule is CCC(Sc1cccc(NC(=O)/C(=C/c2cccs2)NC(=O)c2ccccc2)c1)C(=O)Nc1cccc(C(F)(F)F)c1. The minimum atomic E-state index is -4.52. The molecule has 0 saturated heterocycles. The van der Waals surface area contributed by atoms with Gasteiger partial charge in [-0.15, -0.1) is 23.1 Å². The summed E-state index contributed by atoms with van der Waals surface area (Å²) in [4.78, 5) is 40.4. The number of carbonyl (C=O) groups excluding carboxylic acids is 3. The molecule has 11 heteroatoms. The number of hydrogen-bond donors (Lipinski definition) is 3. The van der Waals surface area contributed by atoms with Gasteiger partial charge in [0.15, 0.2) is 0 Å². The minimum absolute atomic E-state index is 0.0521. The summed E-state index contributed by atoms with van der Waals surface area (Å²) in [5.41, 5.74) is 0.0876. The summed E-state index contributed by atoms with van der Waals surface area (Å²) in [6.07, 6.45) is -2.52. The summed E-state index contributed by atoms with van der Waals surface area (Å²) in [6, 6.07) is 23.5. The lowest BCUT2D eigenvalue weighted by atomic mass is 10.2. The molecule has 0 aliphatic heterocycles. The molecule has 1 atom stereocenters. The third kappa shape index (κ3) is 8.58. The number of amides is 3. The van der Waals surface area contributed by atoms with Gasteiger partial charge >= 0.3 is 6.18 Å². The first-order chi connectivity index (χ1) is 20.1. The van der Waals surface area contributed by atoms with Crippen molar-refractivity contribution in [3.8, 4) is 0 Å². The summed E-state index contributed by atoms with van der Waals surface area (Å²) >= 11 is 2.63. The van der Waals surface area contributed by atoms with Gasteiger partial charge < -0.3 is 16.0 Å². The van der Waals surface area contributed by atoms with Crippen molar-refractivity contribution in [2.24, 2.45) is 0 Å². The van der Waals surface area contributed by atoms with Gasteiger partial charge in [0, 0.05) is 26.7 Å². The molecule has 0 bridgehead atoms. The van der Waals surface area contributed by atoms with E-state index in [9.17, 15) is 27.6 Å². The van der Waals surface area contributed by atoms with Gasteiger partial charge in [-0.25, -0.2) is 0 Å². The summed E-state index contributed by atoms with van der Waals surface area (Å²) in [5, 5.41) is 9.29. The molecule has 1 unspecified atom stereocenters. The Morgan fingerprint density at radius 1 is 0.881 bits per heavy atom. The zero-order valence-electron chi connectivity index (χ0n) is 22.3. The zero-order chi connectivity index (χ0) is 30.1. The number of anilines is 2. The Morgan fingerprint density at radius 3 is 2.26 bits per heavy atom. The average molecular weight is 610 g/mol. The second-order valence-corrected chi connectivity index (χ2v) is 11.2. The number of thiophene rings is 1. The number of rotatable bonds is 10. The molecule has 3 aromatic carbocycles. The Balaban J connectivity index is 1.46. The van der Waals surface area contributed by atoms with Crippen LogP contribution in [-0.4, -0.2) is 23.0 Å². The highest BCUT2D eigenvalue weighted by molar-refractivity contribution is 8.00. The second-order valence-electron chi connectivity index (χ2n) is 8.96. The van der Waals surface area contributed by atoms with Crippen LogP contribution in [0.4, 0.5) is 24.5 Å². The van der Waals surface area contributed by atoms with Crippen molar-refractivity contribution < 1.29 is 27.6 Å². The molecule has 0 aliphatic rings. The molecule has 4 aromatic rings. The zero-order valence-corrected chi connectivity index (χ0v) is 23.9. The van der Waals surface area contributed by atoms with E-state index in [1.54, 1.807) is 67.6 Å². The van der Waals surface area contributed by atoms with Crippen LogP contribution >= 0.6 is 23.1 Å². The Kier molecular flexibility index (Phi) is 10.2. The van der Waals surface area contributed by atoms with E-state index in [1.165, 1.54) is 35.2 Å². The third-order valence-corrected chi connectivity index (χ3v) is 8.03. The van der Waals surface area contributed by atoms with Gasteiger partial charge in [0.25, 0.3) is 11.8 Å². The largest absolute Gasteiger partial charge is 0.416 e. The fourth-order valence-electron chi connectivity index (χ4n) is 3.79. The van der Waals surface area contributed by atoms with E-state index < -0.39 is 34.7 Å². The second kappa shape index (κ2) is 14.0. The molecule has 1 heterocycles. The number of nitrogens with one attached hydrogen (secondary N) is 3. The molecule has 0 spiro atoms. The molecule has 0 saturated carbocycles. The smallest absolute Gasteiger partial charge is 0.325 e. The van der Waals surface area contributed by atoms with E-state index in [0.717, 1.165) is 17.0 Å². The van der Waals surface area contributed by atoms with Crippen molar-refractivity contribution in [2.45, 2.75) is 29.7 Å². The summed E-state index contributed by atoms with van der Waals surface area (Å²) in [6.45, 7) is 1.80. The van der Waals surface area contributed by atoms with Crippen molar-refractivity contribution in [1.82, 2.24) is 5.32 Å². The maximum Gasteiger partial charge on any atom is 0.416 e. The topological polar surface area (TPSA) is 87.3 Å². The van der Waals surface area contributed by atoms with Crippen molar-refractivity contribution in [3.63, 3.8) is 0 Å². The molecule has 216 valence electrons. The quantitative estimate of drug-likeness (QED) is 0.127. The van der Waals surface area contributed by atoms with Crippen LogP contribution in [0.5, 0.6) is 0 Å². The highest BCUT2D eigenvalue weighted by atomic mass is 32.2. The number of halogens is 3. The minimum Gasteiger partial charge on any atom is -0.325 e. The van der Waals surface area contributed by atoms with Crippen LogP contribution in [-0.2, 0) is 15.8 Å². The first-order valence-electron chi connectivity index (χ1n) is 12.8. The van der Waals surface area contributed by atoms with Gasteiger partial charge in [-0.1, -0.05) is 43.3 Å². The van der Waals surface area contributed by atoms with Gasteiger partial charge in [-0.2, -0.15) is 13.2 Å². The molecule has 6 nitrogen and oxygen atoms in total. The van der Waals surface area contributed by atoms with E-state index in [-0.39, 0.29) is 11.4 Å². The Hall–Kier alpha value is -4.35. The number of carbonyl (C=O) groups is 3. The van der Waals surface area contributed by atoms with Gasteiger partial charge in [-0.3, -0.25) is 14.4 Å². The molecular weight excluding hydrogens is 583 g/mol. The number of thioether (sulfide) groups is 1. The van der Waals surface area contributed by atoms with Gasteiger partial charge in [-0.05, 0) is 72.5 Å². The molecule has 4 rings (SSSR count). The Labute approximate surface area is 249 Å². The number of benzene rings is 3. The van der Waals surface area contributed by atoms with E-state index in [0.29, 0.717) is 22.6 Å².